The Hall–Kier alpha value is -1.60. The van der Waals surface area contributed by atoms with Crippen LogP contribution in [0.4, 0.5) is 0 Å². The second-order valence-corrected chi connectivity index (χ2v) is 7.65. The van der Waals surface area contributed by atoms with E-state index in [1.807, 2.05) is 35.9 Å². The van der Waals surface area contributed by atoms with Crippen LogP contribution in [0.3, 0.4) is 0 Å². The van der Waals surface area contributed by atoms with E-state index in [-0.39, 0.29) is 17.7 Å². The molecule has 1 aliphatic rings. The minimum atomic E-state index is -0.142. The Kier molecular flexibility index (Phi) is 6.31. The number of tetrazole rings is 1. The molecule has 0 spiro atoms. The molecule has 0 saturated heterocycles. The van der Waals surface area contributed by atoms with Crippen LogP contribution in [0.25, 0.3) is 0 Å². The normalized spacial score (nSPS) is 16.6. The van der Waals surface area contributed by atoms with Crippen molar-refractivity contribution in [3.05, 3.63) is 34.9 Å². The number of halogens is 1. The van der Waals surface area contributed by atoms with Gasteiger partial charge < -0.3 is 5.32 Å². The first-order chi connectivity index (χ1) is 12.1. The maximum atomic E-state index is 12.3. The number of thioether (sulfide) groups is 1. The summed E-state index contributed by atoms with van der Waals surface area (Å²) in [6, 6.07) is 7.75. The molecular weight excluding hydrogens is 358 g/mol. The van der Waals surface area contributed by atoms with Gasteiger partial charge in [0.25, 0.3) is 0 Å². The van der Waals surface area contributed by atoms with E-state index in [2.05, 4.69) is 20.8 Å². The summed E-state index contributed by atoms with van der Waals surface area (Å²) in [6.07, 6.45) is 5.92. The summed E-state index contributed by atoms with van der Waals surface area (Å²) >= 11 is 7.56. The SMILES string of the molecule is CC(NC(=O)CSc1nnnn1C1CCCCC1)c1ccccc1Cl. The molecule has 8 heteroatoms. The predicted molar refractivity (Wildman–Crippen MR) is 98.7 cm³/mol. The van der Waals surface area contributed by atoms with Crippen molar-refractivity contribution < 1.29 is 4.79 Å². The molecular formula is C17H22ClN5OS. The molecule has 0 radical (unpaired) electrons. The van der Waals surface area contributed by atoms with Crippen LogP contribution in [0, 0.1) is 0 Å². The fourth-order valence-electron chi connectivity index (χ4n) is 3.15. The first-order valence-corrected chi connectivity index (χ1v) is 9.96. The van der Waals surface area contributed by atoms with E-state index < -0.39 is 0 Å². The van der Waals surface area contributed by atoms with Crippen molar-refractivity contribution in [2.75, 3.05) is 5.75 Å². The minimum Gasteiger partial charge on any atom is -0.349 e. The van der Waals surface area contributed by atoms with Crippen LogP contribution in [0.15, 0.2) is 29.4 Å². The lowest BCUT2D eigenvalue weighted by Gasteiger charge is -2.22. The first kappa shape index (κ1) is 18.2. The second-order valence-electron chi connectivity index (χ2n) is 6.30. The Labute approximate surface area is 156 Å². The molecule has 6 nitrogen and oxygen atoms in total. The number of hydrogen-bond donors (Lipinski definition) is 1. The number of rotatable bonds is 6. The molecule has 0 aliphatic heterocycles. The van der Waals surface area contributed by atoms with E-state index in [9.17, 15) is 4.79 Å². The molecule has 1 aliphatic carbocycles. The van der Waals surface area contributed by atoms with Gasteiger partial charge in [0, 0.05) is 5.02 Å². The first-order valence-electron chi connectivity index (χ1n) is 8.59. The van der Waals surface area contributed by atoms with E-state index in [4.69, 9.17) is 11.6 Å². The van der Waals surface area contributed by atoms with E-state index in [1.54, 1.807) is 0 Å². The Morgan fingerprint density at radius 1 is 1.36 bits per heavy atom. The number of amides is 1. The summed E-state index contributed by atoms with van der Waals surface area (Å²) in [4.78, 5) is 12.3. The molecule has 1 aromatic carbocycles. The number of carbonyl (C=O) groups excluding carboxylic acids is 1. The van der Waals surface area contributed by atoms with Crippen LogP contribution in [0.5, 0.6) is 0 Å². The van der Waals surface area contributed by atoms with Gasteiger partial charge in [-0.3, -0.25) is 4.79 Å². The highest BCUT2D eigenvalue weighted by Gasteiger charge is 2.21. The Morgan fingerprint density at radius 2 is 2.12 bits per heavy atom. The van der Waals surface area contributed by atoms with E-state index >= 15 is 0 Å². The van der Waals surface area contributed by atoms with E-state index in [0.29, 0.717) is 16.2 Å². The van der Waals surface area contributed by atoms with Crippen molar-refractivity contribution in [2.45, 2.75) is 56.3 Å². The van der Waals surface area contributed by atoms with Gasteiger partial charge in [-0.05, 0) is 41.8 Å². The van der Waals surface area contributed by atoms with Gasteiger partial charge in [0.1, 0.15) is 0 Å². The van der Waals surface area contributed by atoms with Crippen molar-refractivity contribution in [3.63, 3.8) is 0 Å². The average Bonchev–Trinajstić information content (AvgIpc) is 3.09. The fraction of sp³-hybridized carbons (Fsp3) is 0.529. The smallest absolute Gasteiger partial charge is 0.230 e. The quantitative estimate of drug-likeness (QED) is 0.773. The van der Waals surface area contributed by atoms with E-state index in [1.165, 1.54) is 31.0 Å². The molecule has 134 valence electrons. The Balaban J connectivity index is 1.54. The number of hydrogen-bond acceptors (Lipinski definition) is 5. The lowest BCUT2D eigenvalue weighted by atomic mass is 9.96. The van der Waals surface area contributed by atoms with Gasteiger partial charge in [0.15, 0.2) is 0 Å². The van der Waals surface area contributed by atoms with E-state index in [0.717, 1.165) is 18.4 Å². The third-order valence-corrected chi connectivity index (χ3v) is 5.74. The Bertz CT molecular complexity index is 717. The molecule has 1 unspecified atom stereocenters. The highest BCUT2D eigenvalue weighted by Crippen LogP contribution is 2.30. The standard InChI is InChI=1S/C17H22ClN5OS/c1-12(14-9-5-6-10-15(14)18)19-16(24)11-25-17-20-21-22-23(17)13-7-3-2-4-8-13/h5-6,9-10,12-13H,2-4,7-8,11H2,1H3,(H,19,24). The van der Waals surface area contributed by atoms with Gasteiger partial charge in [0.2, 0.25) is 11.1 Å². The van der Waals surface area contributed by atoms with Gasteiger partial charge >= 0.3 is 0 Å². The van der Waals surface area contributed by atoms with Gasteiger partial charge in [-0.25, -0.2) is 4.68 Å². The molecule has 1 aromatic heterocycles. The third-order valence-electron chi connectivity index (χ3n) is 4.46. The van der Waals surface area contributed by atoms with Crippen molar-refractivity contribution in [2.24, 2.45) is 0 Å². The third kappa shape index (κ3) is 4.73. The van der Waals surface area contributed by atoms with Crippen LogP contribution in [0.2, 0.25) is 5.02 Å². The van der Waals surface area contributed by atoms with Crippen LogP contribution in [-0.2, 0) is 4.79 Å². The largest absolute Gasteiger partial charge is 0.349 e. The van der Waals surface area contributed by atoms with Crippen molar-refractivity contribution in [1.82, 2.24) is 25.5 Å². The van der Waals surface area contributed by atoms with Gasteiger partial charge in [-0.15, -0.1) is 5.10 Å². The number of carbonyl (C=O) groups is 1. The molecule has 1 heterocycles. The topological polar surface area (TPSA) is 72.7 Å². The number of aromatic nitrogens is 4. The highest BCUT2D eigenvalue weighted by atomic mass is 35.5. The zero-order chi connectivity index (χ0) is 17.6. The van der Waals surface area contributed by atoms with Gasteiger partial charge in [-0.2, -0.15) is 0 Å². The molecule has 1 N–H and O–H groups in total. The summed E-state index contributed by atoms with van der Waals surface area (Å²) in [7, 11) is 0. The predicted octanol–water partition coefficient (Wildman–Crippen LogP) is 3.80. The Morgan fingerprint density at radius 3 is 2.88 bits per heavy atom. The lowest BCUT2D eigenvalue weighted by Crippen LogP contribution is -2.28. The molecule has 0 bridgehead atoms. The second kappa shape index (κ2) is 8.67. The monoisotopic (exact) mass is 379 g/mol. The lowest BCUT2D eigenvalue weighted by molar-refractivity contribution is -0.119. The molecule has 1 atom stereocenters. The molecule has 2 aromatic rings. The molecule has 1 fully saturated rings. The van der Waals surface area contributed by atoms with Gasteiger partial charge in [-0.1, -0.05) is 60.8 Å². The number of benzene rings is 1. The fourth-order valence-corrected chi connectivity index (χ4v) is 4.21. The van der Waals surface area contributed by atoms with Crippen LogP contribution in [0.1, 0.15) is 56.7 Å². The highest BCUT2D eigenvalue weighted by molar-refractivity contribution is 7.99. The molecule has 25 heavy (non-hydrogen) atoms. The van der Waals surface area contributed by atoms with Crippen LogP contribution >= 0.6 is 23.4 Å². The molecule has 3 rings (SSSR count). The summed E-state index contributed by atoms with van der Waals surface area (Å²) in [6.45, 7) is 1.93. The van der Waals surface area contributed by atoms with Gasteiger partial charge in [0.05, 0.1) is 17.8 Å². The zero-order valence-electron chi connectivity index (χ0n) is 14.2. The summed E-state index contributed by atoms with van der Waals surface area (Å²) in [5.74, 6) is 0.220. The minimum absolute atomic E-state index is 0.0596. The summed E-state index contributed by atoms with van der Waals surface area (Å²) in [5, 5.41) is 16.3. The number of nitrogens with one attached hydrogen (secondary N) is 1. The summed E-state index contributed by atoms with van der Waals surface area (Å²) < 4.78 is 1.88. The average molecular weight is 380 g/mol. The molecule has 1 amide bonds. The maximum absolute atomic E-state index is 12.3. The summed E-state index contributed by atoms with van der Waals surface area (Å²) in [5.41, 5.74) is 0.912. The van der Waals surface area contributed by atoms with Crippen molar-refractivity contribution in [3.8, 4) is 0 Å². The van der Waals surface area contributed by atoms with Crippen molar-refractivity contribution in [1.29, 1.82) is 0 Å². The molecule has 1 saturated carbocycles. The maximum Gasteiger partial charge on any atom is 0.230 e. The number of nitrogens with zero attached hydrogens (tertiary/aromatic N) is 4. The zero-order valence-corrected chi connectivity index (χ0v) is 15.8. The van der Waals surface area contributed by atoms with Crippen molar-refractivity contribution >= 4 is 29.3 Å². The van der Waals surface area contributed by atoms with Crippen LogP contribution < -0.4 is 5.32 Å². The van der Waals surface area contributed by atoms with Crippen LogP contribution in [-0.4, -0.2) is 31.9 Å².